The molecule has 0 saturated heterocycles. The Morgan fingerprint density at radius 3 is 2.29 bits per heavy atom. The highest BCUT2D eigenvalue weighted by Crippen LogP contribution is 2.29. The van der Waals surface area contributed by atoms with Crippen LogP contribution in [0, 0.1) is 0 Å². The van der Waals surface area contributed by atoms with Gasteiger partial charge in [-0.3, -0.25) is 4.79 Å². The number of nitrogens with one attached hydrogen (secondary N) is 1. The molecular formula is C17H17NO5S. The van der Waals surface area contributed by atoms with Crippen LogP contribution in [0.3, 0.4) is 0 Å². The second-order valence-electron chi connectivity index (χ2n) is 4.73. The number of carbonyl (C=O) groups is 1. The first-order valence-corrected chi connectivity index (χ1v) is 8.46. The molecule has 0 saturated carbocycles. The number of rotatable bonds is 6. The van der Waals surface area contributed by atoms with E-state index in [4.69, 9.17) is 9.47 Å². The summed E-state index contributed by atoms with van der Waals surface area (Å²) in [5.74, 6) is -0.0898. The lowest BCUT2D eigenvalue weighted by Gasteiger charge is -2.10. The third-order valence-electron chi connectivity index (χ3n) is 3.13. The summed E-state index contributed by atoms with van der Waals surface area (Å²) in [6.45, 7) is 0. The number of amides is 1. The molecule has 0 aliphatic rings. The van der Waals surface area contributed by atoms with E-state index in [0.29, 0.717) is 5.75 Å². The molecule has 1 amide bonds. The maximum Gasteiger partial charge on any atom is 0.264 e. The number of hydrogen-bond donors (Lipinski definition) is 1. The second kappa shape index (κ2) is 7.65. The molecule has 2 rings (SSSR count). The Labute approximate surface area is 140 Å². The topological polar surface area (TPSA) is 81.7 Å². The van der Waals surface area contributed by atoms with Crippen molar-refractivity contribution in [1.82, 2.24) is 4.72 Å². The van der Waals surface area contributed by atoms with Crippen molar-refractivity contribution in [3.63, 3.8) is 0 Å². The molecule has 0 aliphatic heterocycles. The molecule has 0 spiro atoms. The van der Waals surface area contributed by atoms with E-state index in [2.05, 4.69) is 0 Å². The van der Waals surface area contributed by atoms with Crippen LogP contribution < -0.4 is 14.2 Å². The van der Waals surface area contributed by atoms with Gasteiger partial charge in [-0.1, -0.05) is 30.3 Å². The van der Waals surface area contributed by atoms with Crippen molar-refractivity contribution >= 4 is 22.0 Å². The van der Waals surface area contributed by atoms with Crippen molar-refractivity contribution in [3.8, 4) is 11.5 Å². The summed E-state index contributed by atoms with van der Waals surface area (Å²) in [6, 6.07) is 13.2. The zero-order valence-electron chi connectivity index (χ0n) is 13.2. The molecule has 7 heteroatoms. The summed E-state index contributed by atoms with van der Waals surface area (Å²) in [6.07, 6.45) is 2.69. The van der Waals surface area contributed by atoms with Crippen LogP contribution in [0.4, 0.5) is 0 Å². The summed E-state index contributed by atoms with van der Waals surface area (Å²) in [5.41, 5.74) is 0.788. The van der Waals surface area contributed by atoms with Gasteiger partial charge in [0.05, 0.1) is 19.1 Å². The molecule has 2 aromatic carbocycles. The summed E-state index contributed by atoms with van der Waals surface area (Å²) < 4.78 is 36.6. The Bertz CT molecular complexity index is 845. The number of benzene rings is 2. The van der Waals surface area contributed by atoms with Crippen molar-refractivity contribution in [3.05, 3.63) is 60.2 Å². The third-order valence-corrected chi connectivity index (χ3v) is 4.47. The second-order valence-corrected chi connectivity index (χ2v) is 6.41. The number of carbonyl (C=O) groups excluding carboxylic acids is 1. The third kappa shape index (κ3) is 4.36. The molecule has 0 atom stereocenters. The van der Waals surface area contributed by atoms with Gasteiger partial charge in [0, 0.05) is 12.1 Å². The molecule has 1 N–H and O–H groups in total. The van der Waals surface area contributed by atoms with Crippen LogP contribution in [-0.4, -0.2) is 28.5 Å². The smallest absolute Gasteiger partial charge is 0.264 e. The first-order chi connectivity index (χ1) is 11.5. The summed E-state index contributed by atoms with van der Waals surface area (Å²) in [5, 5.41) is 0. The van der Waals surface area contributed by atoms with E-state index in [1.165, 1.54) is 38.5 Å². The monoisotopic (exact) mass is 347 g/mol. The maximum atomic E-state index is 12.3. The van der Waals surface area contributed by atoms with Gasteiger partial charge in [0.1, 0.15) is 0 Å². The van der Waals surface area contributed by atoms with E-state index in [0.717, 1.165) is 11.6 Å². The zero-order chi connectivity index (χ0) is 17.6. The molecule has 0 radical (unpaired) electrons. The Morgan fingerprint density at radius 2 is 1.67 bits per heavy atom. The van der Waals surface area contributed by atoms with Gasteiger partial charge in [-0.25, -0.2) is 13.1 Å². The van der Waals surface area contributed by atoms with Gasteiger partial charge in [0.15, 0.2) is 11.5 Å². The fraction of sp³-hybridized carbons (Fsp3) is 0.118. The minimum absolute atomic E-state index is 0.0957. The quantitative estimate of drug-likeness (QED) is 0.810. The molecule has 6 nitrogen and oxygen atoms in total. The normalized spacial score (nSPS) is 11.2. The Morgan fingerprint density at radius 1 is 1.00 bits per heavy atom. The van der Waals surface area contributed by atoms with Crippen molar-refractivity contribution in [2.45, 2.75) is 4.90 Å². The predicted octanol–water partition coefficient (Wildman–Crippen LogP) is 2.22. The lowest BCUT2D eigenvalue weighted by Crippen LogP contribution is -2.29. The molecule has 24 heavy (non-hydrogen) atoms. The Balaban J connectivity index is 2.16. The van der Waals surface area contributed by atoms with Gasteiger partial charge in [-0.15, -0.1) is 0 Å². The van der Waals surface area contributed by atoms with Crippen LogP contribution in [0.15, 0.2) is 59.5 Å². The molecule has 2 aromatic rings. The van der Waals surface area contributed by atoms with E-state index < -0.39 is 15.9 Å². The average molecular weight is 347 g/mol. The highest BCUT2D eigenvalue weighted by molar-refractivity contribution is 7.90. The maximum absolute atomic E-state index is 12.3. The van der Waals surface area contributed by atoms with Gasteiger partial charge >= 0.3 is 0 Å². The lowest BCUT2D eigenvalue weighted by atomic mass is 10.2. The predicted molar refractivity (Wildman–Crippen MR) is 90.4 cm³/mol. The molecule has 0 heterocycles. The van der Waals surface area contributed by atoms with Crippen LogP contribution in [0.2, 0.25) is 0 Å². The molecule has 0 unspecified atom stereocenters. The minimum atomic E-state index is -4.01. The van der Waals surface area contributed by atoms with E-state index in [-0.39, 0.29) is 10.6 Å². The standard InChI is InChI=1S/C17H17NO5S/c1-22-15-10-9-14(12-16(15)23-2)24(20,21)18-17(19)11-8-13-6-4-3-5-7-13/h3-12H,1-2H3,(H,18,19)/b11-8+. The number of ether oxygens (including phenoxy) is 2. The van der Waals surface area contributed by atoms with Gasteiger partial charge in [-0.2, -0.15) is 0 Å². The fourth-order valence-corrected chi connectivity index (χ4v) is 2.91. The van der Waals surface area contributed by atoms with Crippen molar-refractivity contribution in [2.24, 2.45) is 0 Å². The number of methoxy groups -OCH3 is 2. The molecule has 0 aromatic heterocycles. The van der Waals surface area contributed by atoms with E-state index in [1.807, 2.05) is 22.9 Å². The van der Waals surface area contributed by atoms with Crippen LogP contribution in [-0.2, 0) is 14.8 Å². The van der Waals surface area contributed by atoms with Crippen LogP contribution in [0.1, 0.15) is 5.56 Å². The summed E-state index contributed by atoms with van der Waals surface area (Å²) in [7, 11) is -1.16. The van der Waals surface area contributed by atoms with Crippen LogP contribution in [0.25, 0.3) is 6.08 Å². The molecule has 0 bridgehead atoms. The molecule has 126 valence electrons. The highest BCUT2D eigenvalue weighted by Gasteiger charge is 2.18. The van der Waals surface area contributed by atoms with Crippen molar-refractivity contribution in [2.75, 3.05) is 14.2 Å². The summed E-state index contributed by atoms with van der Waals surface area (Å²) in [4.78, 5) is 11.8. The van der Waals surface area contributed by atoms with Gasteiger partial charge < -0.3 is 9.47 Å². The lowest BCUT2D eigenvalue weighted by molar-refractivity contribution is -0.114. The number of sulfonamides is 1. The van der Waals surface area contributed by atoms with Crippen molar-refractivity contribution < 1.29 is 22.7 Å². The van der Waals surface area contributed by atoms with Crippen molar-refractivity contribution in [1.29, 1.82) is 0 Å². The van der Waals surface area contributed by atoms with Crippen LogP contribution >= 0.6 is 0 Å². The van der Waals surface area contributed by atoms with Gasteiger partial charge in [0.25, 0.3) is 15.9 Å². The van der Waals surface area contributed by atoms with Crippen LogP contribution in [0.5, 0.6) is 11.5 Å². The van der Waals surface area contributed by atoms with E-state index >= 15 is 0 Å². The largest absolute Gasteiger partial charge is 0.493 e. The van der Waals surface area contributed by atoms with E-state index in [9.17, 15) is 13.2 Å². The summed E-state index contributed by atoms with van der Waals surface area (Å²) >= 11 is 0. The first kappa shape index (κ1) is 17.6. The van der Waals surface area contributed by atoms with Gasteiger partial charge in [-0.05, 0) is 23.8 Å². The number of hydrogen-bond acceptors (Lipinski definition) is 5. The SMILES string of the molecule is COc1ccc(S(=O)(=O)NC(=O)/C=C/c2ccccc2)cc1OC. The zero-order valence-corrected chi connectivity index (χ0v) is 14.0. The first-order valence-electron chi connectivity index (χ1n) is 6.98. The van der Waals surface area contributed by atoms with Gasteiger partial charge in [0.2, 0.25) is 0 Å². The fourth-order valence-electron chi connectivity index (χ4n) is 1.95. The Hall–Kier alpha value is -2.80. The highest BCUT2D eigenvalue weighted by atomic mass is 32.2. The molecular weight excluding hydrogens is 330 g/mol. The van der Waals surface area contributed by atoms with E-state index in [1.54, 1.807) is 12.1 Å². The average Bonchev–Trinajstić information content (AvgIpc) is 2.59. The molecule has 0 fully saturated rings. The molecule has 0 aliphatic carbocycles. The minimum Gasteiger partial charge on any atom is -0.493 e. The Kier molecular flexibility index (Phi) is 5.59.